The third kappa shape index (κ3) is 4.74. The van der Waals surface area contributed by atoms with E-state index in [0.717, 1.165) is 6.07 Å². The van der Waals surface area contributed by atoms with Crippen LogP contribution in [0.4, 0.5) is 4.39 Å². The van der Waals surface area contributed by atoms with E-state index in [1.807, 2.05) is 20.8 Å². The standard InChI is InChI=1S/C14H22BrFN2O2S/c1-4-7-18(10-14(2,3)9-17)21(19,20)13-6-5-11(15)8-12(13)16/h5-6,8H,4,7,9-10,17H2,1-3H3. The van der Waals surface area contributed by atoms with Gasteiger partial charge in [-0.15, -0.1) is 0 Å². The van der Waals surface area contributed by atoms with Crippen molar-refractivity contribution in [3.8, 4) is 0 Å². The quantitative estimate of drug-likeness (QED) is 0.790. The molecular weight excluding hydrogens is 359 g/mol. The Hall–Kier alpha value is -0.500. The van der Waals surface area contributed by atoms with Crippen LogP contribution in [-0.2, 0) is 10.0 Å². The molecule has 2 N–H and O–H groups in total. The van der Waals surface area contributed by atoms with Crippen molar-refractivity contribution in [2.24, 2.45) is 11.1 Å². The van der Waals surface area contributed by atoms with Crippen LogP contribution in [-0.4, -0.2) is 32.4 Å². The molecule has 0 heterocycles. The van der Waals surface area contributed by atoms with Gasteiger partial charge in [0.1, 0.15) is 10.7 Å². The molecule has 0 atom stereocenters. The van der Waals surface area contributed by atoms with E-state index in [2.05, 4.69) is 15.9 Å². The zero-order chi connectivity index (χ0) is 16.3. The Labute approximate surface area is 134 Å². The molecule has 0 saturated carbocycles. The Bertz CT molecular complexity index is 591. The summed E-state index contributed by atoms with van der Waals surface area (Å²) in [6, 6.07) is 3.96. The number of rotatable bonds is 7. The Morgan fingerprint density at radius 3 is 2.48 bits per heavy atom. The van der Waals surface area contributed by atoms with Crippen LogP contribution in [0.25, 0.3) is 0 Å². The van der Waals surface area contributed by atoms with Crippen LogP contribution in [0.3, 0.4) is 0 Å². The summed E-state index contributed by atoms with van der Waals surface area (Å²) in [6.07, 6.45) is 0.651. The van der Waals surface area contributed by atoms with Gasteiger partial charge in [-0.1, -0.05) is 36.7 Å². The molecule has 0 unspecified atom stereocenters. The molecule has 0 aliphatic heterocycles. The van der Waals surface area contributed by atoms with Crippen LogP contribution in [0.2, 0.25) is 0 Å². The van der Waals surface area contributed by atoms with Gasteiger partial charge in [0.05, 0.1) is 0 Å². The van der Waals surface area contributed by atoms with E-state index in [0.29, 0.717) is 24.0 Å². The van der Waals surface area contributed by atoms with Crippen LogP contribution in [0.15, 0.2) is 27.6 Å². The fraction of sp³-hybridized carbons (Fsp3) is 0.571. The third-order valence-corrected chi connectivity index (χ3v) is 5.51. The third-order valence-electron chi connectivity index (χ3n) is 3.14. The van der Waals surface area contributed by atoms with E-state index in [1.54, 1.807) is 0 Å². The van der Waals surface area contributed by atoms with Crippen LogP contribution in [0.1, 0.15) is 27.2 Å². The first-order valence-electron chi connectivity index (χ1n) is 6.79. The van der Waals surface area contributed by atoms with Crippen molar-refractivity contribution in [2.75, 3.05) is 19.6 Å². The minimum absolute atomic E-state index is 0.259. The highest BCUT2D eigenvalue weighted by Crippen LogP contribution is 2.25. The van der Waals surface area contributed by atoms with E-state index in [4.69, 9.17) is 5.73 Å². The van der Waals surface area contributed by atoms with Crippen LogP contribution < -0.4 is 5.73 Å². The van der Waals surface area contributed by atoms with Crippen molar-refractivity contribution in [1.82, 2.24) is 4.31 Å². The fourth-order valence-electron chi connectivity index (χ4n) is 1.90. The second-order valence-corrected chi connectivity index (χ2v) is 8.60. The first-order valence-corrected chi connectivity index (χ1v) is 9.02. The summed E-state index contributed by atoms with van der Waals surface area (Å²) < 4.78 is 41.2. The molecule has 1 aromatic carbocycles. The molecule has 120 valence electrons. The van der Waals surface area contributed by atoms with Crippen molar-refractivity contribution in [3.05, 3.63) is 28.5 Å². The van der Waals surface area contributed by atoms with Crippen molar-refractivity contribution in [2.45, 2.75) is 32.1 Å². The maximum absolute atomic E-state index is 14.0. The minimum atomic E-state index is -3.87. The number of halogens is 2. The van der Waals surface area contributed by atoms with Gasteiger partial charge in [0, 0.05) is 17.6 Å². The first kappa shape index (κ1) is 18.5. The molecule has 0 aliphatic rings. The fourth-order valence-corrected chi connectivity index (χ4v) is 4.00. The van der Waals surface area contributed by atoms with Gasteiger partial charge in [0.15, 0.2) is 0 Å². The highest BCUT2D eigenvalue weighted by Gasteiger charge is 2.31. The molecule has 0 aromatic heterocycles. The molecular formula is C14H22BrFN2O2S. The Morgan fingerprint density at radius 2 is 2.00 bits per heavy atom. The summed E-state index contributed by atoms with van der Waals surface area (Å²) in [5, 5.41) is 0. The number of benzene rings is 1. The second-order valence-electron chi connectivity index (χ2n) is 5.78. The van der Waals surface area contributed by atoms with Crippen LogP contribution in [0.5, 0.6) is 0 Å². The van der Waals surface area contributed by atoms with Crippen LogP contribution >= 0.6 is 15.9 Å². The summed E-state index contributed by atoms with van der Waals surface area (Å²) >= 11 is 3.13. The van der Waals surface area contributed by atoms with Gasteiger partial charge in [-0.2, -0.15) is 4.31 Å². The lowest BCUT2D eigenvalue weighted by molar-refractivity contribution is 0.266. The van der Waals surface area contributed by atoms with Gasteiger partial charge in [-0.3, -0.25) is 0 Å². The maximum Gasteiger partial charge on any atom is 0.246 e. The molecule has 4 nitrogen and oxygen atoms in total. The first-order chi connectivity index (χ1) is 9.64. The molecule has 21 heavy (non-hydrogen) atoms. The molecule has 0 radical (unpaired) electrons. The minimum Gasteiger partial charge on any atom is -0.330 e. The predicted octanol–water partition coefficient (Wildman–Crippen LogP) is 2.97. The van der Waals surface area contributed by atoms with Gasteiger partial charge in [-0.05, 0) is 36.6 Å². The molecule has 7 heteroatoms. The van der Waals surface area contributed by atoms with E-state index in [-0.39, 0.29) is 16.9 Å². The zero-order valence-corrected chi connectivity index (χ0v) is 15.0. The number of nitrogens with two attached hydrogens (primary N) is 1. The SMILES string of the molecule is CCCN(CC(C)(C)CN)S(=O)(=O)c1ccc(Br)cc1F. The molecule has 1 rings (SSSR count). The summed E-state index contributed by atoms with van der Waals surface area (Å²) in [6.45, 7) is 6.62. The zero-order valence-electron chi connectivity index (χ0n) is 12.6. The number of sulfonamides is 1. The Morgan fingerprint density at radius 1 is 1.38 bits per heavy atom. The highest BCUT2D eigenvalue weighted by molar-refractivity contribution is 9.10. The lowest BCUT2D eigenvalue weighted by Crippen LogP contribution is -2.42. The Kier molecular flexibility index (Phi) is 6.34. The van der Waals surface area contributed by atoms with Crippen molar-refractivity contribution < 1.29 is 12.8 Å². The molecule has 1 aromatic rings. The van der Waals surface area contributed by atoms with Gasteiger partial charge in [0.2, 0.25) is 10.0 Å². The molecule has 0 amide bonds. The van der Waals surface area contributed by atoms with Crippen molar-refractivity contribution in [1.29, 1.82) is 0 Å². The molecule has 0 spiro atoms. The van der Waals surface area contributed by atoms with Gasteiger partial charge >= 0.3 is 0 Å². The van der Waals surface area contributed by atoms with E-state index >= 15 is 0 Å². The predicted molar refractivity (Wildman–Crippen MR) is 86.0 cm³/mol. The number of hydrogen-bond donors (Lipinski definition) is 1. The number of nitrogens with zero attached hydrogens (tertiary/aromatic N) is 1. The lowest BCUT2D eigenvalue weighted by atomic mass is 9.94. The van der Waals surface area contributed by atoms with E-state index in [9.17, 15) is 12.8 Å². The molecule has 0 bridgehead atoms. The van der Waals surface area contributed by atoms with Crippen molar-refractivity contribution >= 4 is 26.0 Å². The summed E-state index contributed by atoms with van der Waals surface area (Å²) in [4.78, 5) is -0.299. The van der Waals surface area contributed by atoms with Gasteiger partial charge < -0.3 is 5.73 Å². The average molecular weight is 381 g/mol. The summed E-state index contributed by atoms with van der Waals surface area (Å²) in [5.74, 6) is -0.754. The maximum atomic E-state index is 14.0. The normalized spacial score (nSPS) is 12.9. The van der Waals surface area contributed by atoms with Crippen molar-refractivity contribution in [3.63, 3.8) is 0 Å². The smallest absolute Gasteiger partial charge is 0.246 e. The Balaban J connectivity index is 3.21. The molecule has 0 aliphatic carbocycles. The average Bonchev–Trinajstić information content (AvgIpc) is 2.37. The molecule has 0 saturated heterocycles. The largest absolute Gasteiger partial charge is 0.330 e. The summed E-state index contributed by atoms with van der Waals surface area (Å²) in [5.41, 5.74) is 5.31. The van der Waals surface area contributed by atoms with E-state index < -0.39 is 15.8 Å². The van der Waals surface area contributed by atoms with E-state index in [1.165, 1.54) is 16.4 Å². The monoisotopic (exact) mass is 380 g/mol. The van der Waals surface area contributed by atoms with Gasteiger partial charge in [0.25, 0.3) is 0 Å². The van der Waals surface area contributed by atoms with Crippen LogP contribution in [0, 0.1) is 11.2 Å². The number of hydrogen-bond acceptors (Lipinski definition) is 3. The second kappa shape index (κ2) is 7.17. The lowest BCUT2D eigenvalue weighted by Gasteiger charge is -2.31. The van der Waals surface area contributed by atoms with Gasteiger partial charge in [-0.25, -0.2) is 12.8 Å². The topological polar surface area (TPSA) is 63.4 Å². The highest BCUT2D eigenvalue weighted by atomic mass is 79.9. The summed E-state index contributed by atoms with van der Waals surface area (Å²) in [7, 11) is -3.87. The molecule has 0 fully saturated rings.